The number of nitrogens with one attached hydrogen (secondary N) is 2. The fourth-order valence-corrected chi connectivity index (χ4v) is 2.67. The van der Waals surface area contributed by atoms with Crippen LogP contribution >= 0.6 is 24.0 Å². The van der Waals surface area contributed by atoms with E-state index in [9.17, 15) is 0 Å². The number of nitrogens with zero attached hydrogens (tertiary/aromatic N) is 6. The maximum Gasteiger partial charge on any atom is 0.191 e. The molecule has 2 N–H and O–H groups in total. The van der Waals surface area contributed by atoms with E-state index in [1.54, 1.807) is 13.4 Å². The minimum Gasteiger partial charge on any atom is -0.356 e. The van der Waals surface area contributed by atoms with Crippen molar-refractivity contribution < 1.29 is 0 Å². The summed E-state index contributed by atoms with van der Waals surface area (Å²) in [6.07, 6.45) is 7.56. The number of guanidine groups is 1. The van der Waals surface area contributed by atoms with Crippen LogP contribution in [0.3, 0.4) is 0 Å². The second kappa shape index (κ2) is 10.1. The van der Waals surface area contributed by atoms with Crippen molar-refractivity contribution in [3.8, 4) is 0 Å². The number of imidazole rings is 1. The van der Waals surface area contributed by atoms with Gasteiger partial charge in [-0.3, -0.25) is 4.99 Å². The molecule has 3 aromatic rings. The zero-order valence-electron chi connectivity index (χ0n) is 15.1. The Balaban J connectivity index is 0.00000243. The fourth-order valence-electron chi connectivity index (χ4n) is 2.67. The van der Waals surface area contributed by atoms with Crippen LogP contribution in [-0.2, 0) is 19.4 Å². The molecule has 0 saturated heterocycles. The first kappa shape index (κ1) is 20.1. The van der Waals surface area contributed by atoms with Gasteiger partial charge in [-0.1, -0.05) is 13.0 Å². The SMILES string of the molecule is CCc1nncn1CCNC(=NC)NCCc1cn2ccccc2n1.I. The number of hydrogen-bond acceptors (Lipinski definition) is 4. The highest BCUT2D eigenvalue weighted by Gasteiger charge is 2.04. The third-order valence-corrected chi connectivity index (χ3v) is 3.97. The number of aliphatic imine (C=N–C) groups is 1. The van der Waals surface area contributed by atoms with Gasteiger partial charge in [0.1, 0.15) is 17.8 Å². The minimum atomic E-state index is 0. The van der Waals surface area contributed by atoms with Gasteiger partial charge < -0.3 is 19.6 Å². The summed E-state index contributed by atoms with van der Waals surface area (Å²) in [5.41, 5.74) is 2.03. The molecule has 0 saturated carbocycles. The van der Waals surface area contributed by atoms with E-state index in [2.05, 4.69) is 48.5 Å². The molecule has 3 aromatic heterocycles. The van der Waals surface area contributed by atoms with Crippen LogP contribution in [0.4, 0.5) is 0 Å². The normalized spacial score (nSPS) is 11.4. The lowest BCUT2D eigenvalue weighted by molar-refractivity contribution is 0.632. The maximum absolute atomic E-state index is 4.60. The Morgan fingerprint density at radius 3 is 2.85 bits per heavy atom. The van der Waals surface area contributed by atoms with Gasteiger partial charge in [-0.05, 0) is 12.1 Å². The molecule has 0 spiro atoms. The highest BCUT2D eigenvalue weighted by molar-refractivity contribution is 14.0. The summed E-state index contributed by atoms with van der Waals surface area (Å²) in [5.74, 6) is 1.78. The smallest absolute Gasteiger partial charge is 0.191 e. The van der Waals surface area contributed by atoms with E-state index in [4.69, 9.17) is 0 Å². The Kier molecular flexibility index (Phi) is 7.82. The second-order valence-corrected chi connectivity index (χ2v) is 5.67. The monoisotopic (exact) mass is 468 g/mol. The number of fused-ring (bicyclic) bond motifs is 1. The van der Waals surface area contributed by atoms with E-state index in [0.29, 0.717) is 0 Å². The van der Waals surface area contributed by atoms with Crippen LogP contribution in [-0.4, -0.2) is 50.2 Å². The second-order valence-electron chi connectivity index (χ2n) is 5.67. The van der Waals surface area contributed by atoms with Gasteiger partial charge in [0.15, 0.2) is 5.96 Å². The van der Waals surface area contributed by atoms with E-state index in [-0.39, 0.29) is 24.0 Å². The molecule has 26 heavy (non-hydrogen) atoms. The highest BCUT2D eigenvalue weighted by Crippen LogP contribution is 2.04. The quantitative estimate of drug-likeness (QED) is 0.312. The molecule has 0 aliphatic carbocycles. The lowest BCUT2D eigenvalue weighted by atomic mass is 10.3. The molecule has 0 aliphatic rings. The van der Waals surface area contributed by atoms with Crippen LogP contribution in [0.5, 0.6) is 0 Å². The van der Waals surface area contributed by atoms with E-state index in [1.807, 2.05) is 28.8 Å². The lowest BCUT2D eigenvalue weighted by Gasteiger charge is -2.12. The summed E-state index contributed by atoms with van der Waals surface area (Å²) in [6, 6.07) is 6.00. The van der Waals surface area contributed by atoms with Gasteiger partial charge in [0.2, 0.25) is 0 Å². The number of aryl methyl sites for hydroxylation is 1. The summed E-state index contributed by atoms with van der Waals surface area (Å²) in [5, 5.41) is 14.7. The van der Waals surface area contributed by atoms with Gasteiger partial charge in [0.05, 0.1) is 5.69 Å². The number of halogens is 1. The third-order valence-electron chi connectivity index (χ3n) is 3.97. The summed E-state index contributed by atoms with van der Waals surface area (Å²) in [6.45, 7) is 4.42. The molecule has 0 atom stereocenters. The molecule has 140 valence electrons. The molecule has 0 amide bonds. The zero-order valence-corrected chi connectivity index (χ0v) is 17.4. The molecule has 0 aromatic carbocycles. The molecule has 0 bridgehead atoms. The number of hydrogen-bond donors (Lipinski definition) is 2. The van der Waals surface area contributed by atoms with Crippen LogP contribution in [0.2, 0.25) is 0 Å². The molecule has 8 nitrogen and oxygen atoms in total. The van der Waals surface area contributed by atoms with Crippen molar-refractivity contribution in [1.82, 2.24) is 34.8 Å². The van der Waals surface area contributed by atoms with Crippen molar-refractivity contribution >= 4 is 35.6 Å². The van der Waals surface area contributed by atoms with Crippen molar-refractivity contribution in [3.05, 3.63) is 48.4 Å². The van der Waals surface area contributed by atoms with Gasteiger partial charge >= 0.3 is 0 Å². The standard InChI is InChI=1S/C17H24N8.HI/c1-3-15-23-21-13-25(15)11-9-20-17(18-2)19-8-7-14-12-24-10-5-4-6-16(24)22-14;/h4-6,10,12-13H,3,7-9,11H2,1-2H3,(H2,18,19,20);1H. The predicted octanol–water partition coefficient (Wildman–Crippen LogP) is 1.51. The van der Waals surface area contributed by atoms with Crippen molar-refractivity contribution in [2.75, 3.05) is 20.1 Å². The van der Waals surface area contributed by atoms with Crippen molar-refractivity contribution in [2.45, 2.75) is 26.3 Å². The minimum absolute atomic E-state index is 0. The molecule has 3 rings (SSSR count). The molecule has 0 aliphatic heterocycles. The Labute approximate surface area is 170 Å². The first-order valence-electron chi connectivity index (χ1n) is 8.54. The molecule has 0 fully saturated rings. The summed E-state index contributed by atoms with van der Waals surface area (Å²) >= 11 is 0. The van der Waals surface area contributed by atoms with Gasteiger partial charge in [0.25, 0.3) is 0 Å². The topological polar surface area (TPSA) is 84.4 Å². The van der Waals surface area contributed by atoms with Crippen LogP contribution in [0, 0.1) is 0 Å². The summed E-state index contributed by atoms with van der Waals surface area (Å²) < 4.78 is 4.09. The Hall–Kier alpha value is -2.17. The lowest BCUT2D eigenvalue weighted by Crippen LogP contribution is -2.39. The molecular formula is C17H25IN8. The summed E-state index contributed by atoms with van der Waals surface area (Å²) in [7, 11) is 1.77. The summed E-state index contributed by atoms with van der Waals surface area (Å²) in [4.78, 5) is 8.85. The maximum atomic E-state index is 4.60. The molecule has 0 radical (unpaired) electrons. The molecular weight excluding hydrogens is 443 g/mol. The fraction of sp³-hybridized carbons (Fsp3) is 0.412. The van der Waals surface area contributed by atoms with Crippen LogP contribution < -0.4 is 10.6 Å². The van der Waals surface area contributed by atoms with Crippen molar-refractivity contribution in [2.24, 2.45) is 4.99 Å². The Morgan fingerprint density at radius 1 is 1.23 bits per heavy atom. The number of aromatic nitrogens is 5. The van der Waals surface area contributed by atoms with Crippen molar-refractivity contribution in [3.63, 3.8) is 0 Å². The average molecular weight is 468 g/mol. The Bertz CT molecular complexity index is 805. The van der Waals surface area contributed by atoms with Crippen LogP contribution in [0.1, 0.15) is 18.4 Å². The highest BCUT2D eigenvalue weighted by atomic mass is 127. The number of rotatable bonds is 7. The first-order valence-corrected chi connectivity index (χ1v) is 8.54. The van der Waals surface area contributed by atoms with E-state index in [1.165, 1.54) is 0 Å². The molecule has 9 heteroatoms. The largest absolute Gasteiger partial charge is 0.356 e. The average Bonchev–Trinajstić information content (AvgIpc) is 3.26. The molecule has 0 unspecified atom stereocenters. The van der Waals surface area contributed by atoms with Gasteiger partial charge in [0, 0.05) is 51.9 Å². The van der Waals surface area contributed by atoms with Gasteiger partial charge in [-0.2, -0.15) is 0 Å². The van der Waals surface area contributed by atoms with E-state index in [0.717, 1.165) is 55.6 Å². The Morgan fingerprint density at radius 2 is 2.08 bits per heavy atom. The molecule has 3 heterocycles. The third kappa shape index (κ3) is 5.16. The van der Waals surface area contributed by atoms with E-state index >= 15 is 0 Å². The number of pyridine rings is 1. The van der Waals surface area contributed by atoms with Crippen LogP contribution in [0.25, 0.3) is 5.65 Å². The van der Waals surface area contributed by atoms with Gasteiger partial charge in [-0.25, -0.2) is 4.98 Å². The first-order chi connectivity index (χ1) is 12.3. The van der Waals surface area contributed by atoms with E-state index < -0.39 is 0 Å². The van der Waals surface area contributed by atoms with Gasteiger partial charge in [-0.15, -0.1) is 34.2 Å². The zero-order chi connectivity index (χ0) is 17.5. The predicted molar refractivity (Wildman–Crippen MR) is 113 cm³/mol. The van der Waals surface area contributed by atoms with Crippen molar-refractivity contribution in [1.29, 1.82) is 0 Å². The van der Waals surface area contributed by atoms with Crippen LogP contribution in [0.15, 0.2) is 41.9 Å².